The number of methoxy groups -OCH3 is 1. The van der Waals surface area contributed by atoms with Gasteiger partial charge in [0.15, 0.2) is 0 Å². The molecule has 0 aromatic heterocycles. The van der Waals surface area contributed by atoms with E-state index in [0.717, 1.165) is 63.4 Å². The number of rotatable bonds is 6. The monoisotopic (exact) mass is 447 g/mol. The van der Waals surface area contributed by atoms with Crippen LogP contribution in [0.5, 0.6) is 5.75 Å². The molecule has 1 unspecified atom stereocenters. The van der Waals surface area contributed by atoms with Crippen molar-refractivity contribution in [2.24, 2.45) is 0 Å². The fourth-order valence-electron chi connectivity index (χ4n) is 3.38. The van der Waals surface area contributed by atoms with Crippen LogP contribution in [0.1, 0.15) is 16.8 Å². The molecule has 8 heteroatoms. The first kappa shape index (κ1) is 21.4. The van der Waals surface area contributed by atoms with Crippen LogP contribution in [0.3, 0.4) is 0 Å². The van der Waals surface area contributed by atoms with Gasteiger partial charge in [-0.3, -0.25) is 9.69 Å². The minimum atomic E-state index is 0. The molecule has 0 radical (unpaired) electrons. The van der Waals surface area contributed by atoms with Gasteiger partial charge in [0.2, 0.25) is 0 Å². The molecule has 2 aliphatic heterocycles. The lowest BCUT2D eigenvalue weighted by Crippen LogP contribution is -2.47. The summed E-state index contributed by atoms with van der Waals surface area (Å²) in [7, 11) is 1.62. The second-order valence-electron chi connectivity index (χ2n) is 6.44. The molecule has 1 aromatic carbocycles. The first-order chi connectivity index (χ1) is 12.2. The number of carbonyl (C=O) groups is 1. The van der Waals surface area contributed by atoms with Crippen LogP contribution in [-0.4, -0.2) is 81.3 Å². The Balaban J connectivity index is 0.00000243. The molecule has 3 rings (SSSR count). The molecule has 0 aliphatic carbocycles. The van der Waals surface area contributed by atoms with Gasteiger partial charge in [-0.2, -0.15) is 0 Å². The van der Waals surface area contributed by atoms with Crippen LogP contribution in [0.15, 0.2) is 22.7 Å². The summed E-state index contributed by atoms with van der Waals surface area (Å²) in [5.74, 6) is 0.761. The fourth-order valence-corrected chi connectivity index (χ4v) is 3.80. The third-order valence-corrected chi connectivity index (χ3v) is 5.59. The van der Waals surface area contributed by atoms with E-state index in [1.807, 2.05) is 23.1 Å². The molecule has 2 aliphatic rings. The third-order valence-electron chi connectivity index (χ3n) is 4.90. The summed E-state index contributed by atoms with van der Waals surface area (Å²) in [6.45, 7) is 6.87. The number of amides is 1. The minimum absolute atomic E-state index is 0. The molecule has 146 valence electrons. The molecule has 1 aromatic rings. The maximum Gasteiger partial charge on any atom is 0.255 e. The maximum atomic E-state index is 13.3. The normalized spacial score (nSPS) is 20.5. The van der Waals surface area contributed by atoms with Crippen molar-refractivity contribution < 1.29 is 14.3 Å². The Kier molecular flexibility index (Phi) is 8.63. The molecular formula is C18H27BrClN3O3. The first-order valence-corrected chi connectivity index (χ1v) is 9.63. The van der Waals surface area contributed by atoms with Crippen LogP contribution in [-0.2, 0) is 4.74 Å². The highest BCUT2D eigenvalue weighted by Gasteiger charge is 2.29. The largest absolute Gasteiger partial charge is 0.497 e. The molecular weight excluding hydrogens is 422 g/mol. The highest BCUT2D eigenvalue weighted by Crippen LogP contribution is 2.25. The Hall–Kier alpha value is -0.860. The smallest absolute Gasteiger partial charge is 0.255 e. The molecule has 2 saturated heterocycles. The van der Waals surface area contributed by atoms with Crippen molar-refractivity contribution in [3.8, 4) is 5.75 Å². The van der Waals surface area contributed by atoms with E-state index in [1.165, 1.54) is 0 Å². The van der Waals surface area contributed by atoms with Gasteiger partial charge in [-0.25, -0.2) is 0 Å². The standard InChI is InChI=1S/C18H26BrN3O3.ClH/c1-24-15-2-3-17(19)16(12-15)18(23)22(14-4-5-20-13-14)7-6-21-8-10-25-11-9-21;/h2-3,12,14,20H,4-11,13H2,1H3;1H. The van der Waals surface area contributed by atoms with Crippen LogP contribution in [0, 0.1) is 0 Å². The Morgan fingerprint density at radius 3 is 2.85 bits per heavy atom. The van der Waals surface area contributed by atoms with Crippen LogP contribution in [0.25, 0.3) is 0 Å². The van der Waals surface area contributed by atoms with Crippen molar-refractivity contribution in [3.63, 3.8) is 0 Å². The van der Waals surface area contributed by atoms with Gasteiger partial charge >= 0.3 is 0 Å². The SMILES string of the molecule is COc1ccc(Br)c(C(=O)N(CCN2CCOCC2)C2CCNC2)c1.Cl. The molecule has 6 nitrogen and oxygen atoms in total. The van der Waals surface area contributed by atoms with Crippen molar-refractivity contribution in [1.82, 2.24) is 15.1 Å². The second-order valence-corrected chi connectivity index (χ2v) is 7.30. The van der Waals surface area contributed by atoms with E-state index in [0.29, 0.717) is 11.3 Å². The number of morpholine rings is 1. The Morgan fingerprint density at radius 1 is 1.42 bits per heavy atom. The summed E-state index contributed by atoms with van der Waals surface area (Å²) in [4.78, 5) is 17.7. The molecule has 1 atom stereocenters. The number of nitrogens with one attached hydrogen (secondary N) is 1. The number of hydrogen-bond acceptors (Lipinski definition) is 5. The minimum Gasteiger partial charge on any atom is -0.497 e. The van der Waals surface area contributed by atoms with Gasteiger partial charge in [0.1, 0.15) is 5.75 Å². The third kappa shape index (κ3) is 5.33. The molecule has 1 amide bonds. The Bertz CT molecular complexity index is 593. The molecule has 2 heterocycles. The van der Waals surface area contributed by atoms with Crippen LogP contribution in [0.2, 0.25) is 0 Å². The van der Waals surface area contributed by atoms with E-state index in [-0.39, 0.29) is 24.4 Å². The Morgan fingerprint density at radius 2 is 2.19 bits per heavy atom. The number of ether oxygens (including phenoxy) is 2. The van der Waals surface area contributed by atoms with E-state index in [1.54, 1.807) is 7.11 Å². The van der Waals surface area contributed by atoms with Gasteiger partial charge in [-0.05, 0) is 47.1 Å². The second kappa shape index (κ2) is 10.5. The number of hydrogen-bond donors (Lipinski definition) is 1. The molecule has 1 N–H and O–H groups in total. The van der Waals surface area contributed by atoms with Crippen molar-refractivity contribution in [1.29, 1.82) is 0 Å². The van der Waals surface area contributed by atoms with Crippen molar-refractivity contribution in [3.05, 3.63) is 28.2 Å². The molecule has 0 spiro atoms. The number of benzene rings is 1. The molecule has 26 heavy (non-hydrogen) atoms. The van der Waals surface area contributed by atoms with Crippen molar-refractivity contribution in [2.75, 3.05) is 59.6 Å². The van der Waals surface area contributed by atoms with Gasteiger partial charge < -0.3 is 19.7 Å². The van der Waals surface area contributed by atoms with Gasteiger partial charge in [0.25, 0.3) is 5.91 Å². The summed E-state index contributed by atoms with van der Waals surface area (Å²) >= 11 is 3.52. The predicted octanol–water partition coefficient (Wildman–Crippen LogP) is 2.02. The van der Waals surface area contributed by atoms with Gasteiger partial charge in [0.05, 0.1) is 25.9 Å². The zero-order valence-electron chi connectivity index (χ0n) is 15.1. The first-order valence-electron chi connectivity index (χ1n) is 8.84. The van der Waals surface area contributed by atoms with E-state index in [9.17, 15) is 4.79 Å². The maximum absolute atomic E-state index is 13.3. The van der Waals surface area contributed by atoms with E-state index in [2.05, 4.69) is 26.1 Å². The van der Waals surface area contributed by atoms with Gasteiger partial charge in [-0.1, -0.05) is 0 Å². The summed E-state index contributed by atoms with van der Waals surface area (Å²) < 4.78 is 11.5. The summed E-state index contributed by atoms with van der Waals surface area (Å²) in [5, 5.41) is 3.37. The lowest BCUT2D eigenvalue weighted by Gasteiger charge is -2.33. The number of carbonyl (C=O) groups excluding carboxylic acids is 1. The predicted molar refractivity (Wildman–Crippen MR) is 108 cm³/mol. The zero-order chi connectivity index (χ0) is 17.6. The lowest BCUT2D eigenvalue weighted by molar-refractivity contribution is 0.0301. The molecule has 0 saturated carbocycles. The number of nitrogens with zero attached hydrogens (tertiary/aromatic N) is 2. The lowest BCUT2D eigenvalue weighted by atomic mass is 10.1. The van der Waals surface area contributed by atoms with Crippen LogP contribution in [0.4, 0.5) is 0 Å². The van der Waals surface area contributed by atoms with Gasteiger partial charge in [-0.15, -0.1) is 12.4 Å². The Labute approximate surface area is 169 Å². The summed E-state index contributed by atoms with van der Waals surface area (Å²) in [5.41, 5.74) is 0.660. The highest BCUT2D eigenvalue weighted by atomic mass is 79.9. The van der Waals surface area contributed by atoms with E-state index in [4.69, 9.17) is 9.47 Å². The fraction of sp³-hybridized carbons (Fsp3) is 0.611. The molecule has 2 fully saturated rings. The number of halogens is 2. The average Bonchev–Trinajstić information content (AvgIpc) is 3.17. The van der Waals surface area contributed by atoms with Crippen molar-refractivity contribution >= 4 is 34.2 Å². The summed E-state index contributed by atoms with van der Waals surface area (Å²) in [6.07, 6.45) is 0.996. The topological polar surface area (TPSA) is 54.0 Å². The van der Waals surface area contributed by atoms with E-state index >= 15 is 0 Å². The van der Waals surface area contributed by atoms with Gasteiger partial charge in [0, 0.05) is 43.2 Å². The zero-order valence-corrected chi connectivity index (χ0v) is 17.5. The quantitative estimate of drug-likeness (QED) is 0.721. The molecule has 0 bridgehead atoms. The summed E-state index contributed by atoms with van der Waals surface area (Å²) in [6, 6.07) is 5.79. The van der Waals surface area contributed by atoms with Crippen LogP contribution < -0.4 is 10.1 Å². The van der Waals surface area contributed by atoms with Crippen molar-refractivity contribution in [2.45, 2.75) is 12.5 Å². The highest BCUT2D eigenvalue weighted by molar-refractivity contribution is 9.10. The average molecular weight is 449 g/mol. The van der Waals surface area contributed by atoms with Crippen LogP contribution >= 0.6 is 28.3 Å². The van der Waals surface area contributed by atoms with E-state index < -0.39 is 0 Å².